The molecule has 1 saturated heterocycles. The van der Waals surface area contributed by atoms with E-state index in [-0.39, 0.29) is 23.8 Å². The van der Waals surface area contributed by atoms with E-state index in [2.05, 4.69) is 10.6 Å². The Hall–Kier alpha value is -2.37. The van der Waals surface area contributed by atoms with Gasteiger partial charge in [-0.25, -0.2) is 4.79 Å². The number of amides is 2. The Bertz CT molecular complexity index is 602. The largest absolute Gasteiger partial charge is 0.467 e. The normalized spacial score (nSPS) is 21.0. The minimum Gasteiger partial charge on any atom is -0.467 e. The summed E-state index contributed by atoms with van der Waals surface area (Å²) in [6.45, 7) is 2.00. The fraction of sp³-hybridized carbons (Fsp3) is 0.500. The molecule has 1 aliphatic heterocycles. The molecule has 24 heavy (non-hydrogen) atoms. The quantitative estimate of drug-likeness (QED) is 0.747. The Morgan fingerprint density at radius 1 is 1.33 bits per heavy atom. The topological polar surface area (TPSA) is 84.5 Å². The van der Waals surface area contributed by atoms with Gasteiger partial charge in [0, 0.05) is 18.4 Å². The predicted octanol–water partition coefficient (Wildman–Crippen LogP) is 1.86. The highest BCUT2D eigenvalue weighted by atomic mass is 16.5. The van der Waals surface area contributed by atoms with Gasteiger partial charge in [-0.05, 0) is 24.8 Å². The molecule has 0 aliphatic carbocycles. The summed E-state index contributed by atoms with van der Waals surface area (Å²) >= 11 is 0. The summed E-state index contributed by atoms with van der Waals surface area (Å²) in [5.74, 6) is -0.703. The number of nitrogens with one attached hydrogen (secondary N) is 2. The van der Waals surface area contributed by atoms with Crippen LogP contribution >= 0.6 is 0 Å². The van der Waals surface area contributed by atoms with Gasteiger partial charge in [-0.3, -0.25) is 9.59 Å². The zero-order valence-electron chi connectivity index (χ0n) is 14.1. The Kier molecular flexibility index (Phi) is 5.95. The first kappa shape index (κ1) is 18.0. The van der Waals surface area contributed by atoms with Crippen molar-refractivity contribution in [2.24, 2.45) is 0 Å². The van der Waals surface area contributed by atoms with Crippen molar-refractivity contribution in [2.75, 3.05) is 7.11 Å². The zero-order chi connectivity index (χ0) is 17.6. The molecule has 1 aromatic rings. The molecule has 0 unspecified atom stereocenters. The SMILES string of the molecule is CC[C@@]1(CCC(=O)N[C@H](C(=O)OC)c2ccccc2)CCC(=O)N1. The Morgan fingerprint density at radius 3 is 2.58 bits per heavy atom. The van der Waals surface area contributed by atoms with E-state index in [1.807, 2.05) is 13.0 Å². The van der Waals surface area contributed by atoms with E-state index >= 15 is 0 Å². The molecule has 6 heteroatoms. The van der Waals surface area contributed by atoms with Gasteiger partial charge < -0.3 is 15.4 Å². The average Bonchev–Trinajstić information content (AvgIpc) is 2.99. The van der Waals surface area contributed by atoms with Crippen LogP contribution in [0.1, 0.15) is 50.6 Å². The summed E-state index contributed by atoms with van der Waals surface area (Å²) in [6.07, 6.45) is 2.84. The van der Waals surface area contributed by atoms with E-state index in [1.165, 1.54) is 7.11 Å². The van der Waals surface area contributed by atoms with Crippen LogP contribution in [0.5, 0.6) is 0 Å². The van der Waals surface area contributed by atoms with Crippen LogP contribution < -0.4 is 10.6 Å². The molecule has 0 bridgehead atoms. The summed E-state index contributed by atoms with van der Waals surface area (Å²) in [6, 6.07) is 8.17. The molecule has 2 rings (SSSR count). The van der Waals surface area contributed by atoms with Crippen molar-refractivity contribution in [2.45, 2.75) is 50.6 Å². The van der Waals surface area contributed by atoms with Gasteiger partial charge in [-0.15, -0.1) is 0 Å². The van der Waals surface area contributed by atoms with Crippen molar-refractivity contribution in [1.82, 2.24) is 10.6 Å². The fourth-order valence-corrected chi connectivity index (χ4v) is 3.03. The van der Waals surface area contributed by atoms with E-state index in [0.29, 0.717) is 18.4 Å². The van der Waals surface area contributed by atoms with E-state index in [0.717, 1.165) is 12.8 Å². The predicted molar refractivity (Wildman–Crippen MR) is 89.0 cm³/mol. The van der Waals surface area contributed by atoms with E-state index < -0.39 is 12.0 Å². The minimum absolute atomic E-state index is 0.0361. The summed E-state index contributed by atoms with van der Waals surface area (Å²) in [7, 11) is 1.30. The average molecular weight is 332 g/mol. The second-order valence-corrected chi connectivity index (χ2v) is 6.12. The lowest BCUT2D eigenvalue weighted by molar-refractivity contribution is -0.145. The molecular weight excluding hydrogens is 308 g/mol. The molecule has 0 radical (unpaired) electrons. The van der Waals surface area contributed by atoms with Crippen LogP contribution in [0.25, 0.3) is 0 Å². The molecule has 1 fully saturated rings. The number of hydrogen-bond donors (Lipinski definition) is 2. The molecular formula is C18H24N2O4. The number of carbonyl (C=O) groups is 3. The summed E-state index contributed by atoms with van der Waals surface area (Å²) in [4.78, 5) is 35.8. The van der Waals surface area contributed by atoms with E-state index in [1.54, 1.807) is 24.3 Å². The van der Waals surface area contributed by atoms with Crippen LogP contribution in [0, 0.1) is 0 Å². The van der Waals surface area contributed by atoms with Gasteiger partial charge in [-0.1, -0.05) is 37.3 Å². The zero-order valence-corrected chi connectivity index (χ0v) is 14.1. The van der Waals surface area contributed by atoms with Crippen LogP contribution in [0.15, 0.2) is 30.3 Å². The first-order chi connectivity index (χ1) is 11.5. The minimum atomic E-state index is -0.820. The lowest BCUT2D eigenvalue weighted by Gasteiger charge is -2.27. The highest BCUT2D eigenvalue weighted by Gasteiger charge is 2.36. The summed E-state index contributed by atoms with van der Waals surface area (Å²) in [5.41, 5.74) is 0.374. The number of hydrogen-bond acceptors (Lipinski definition) is 4. The Balaban J connectivity index is 1.98. The van der Waals surface area contributed by atoms with Gasteiger partial charge in [0.1, 0.15) is 0 Å². The number of carbonyl (C=O) groups excluding carboxylic acids is 3. The maximum absolute atomic E-state index is 12.3. The fourth-order valence-electron chi connectivity index (χ4n) is 3.03. The van der Waals surface area contributed by atoms with Crippen LogP contribution in [0.4, 0.5) is 0 Å². The number of esters is 1. The number of benzene rings is 1. The molecule has 130 valence electrons. The maximum atomic E-state index is 12.3. The number of rotatable bonds is 7. The van der Waals surface area contributed by atoms with Gasteiger partial charge >= 0.3 is 5.97 Å². The molecule has 1 aliphatic rings. The molecule has 1 aromatic carbocycles. The van der Waals surface area contributed by atoms with Gasteiger partial charge in [0.2, 0.25) is 11.8 Å². The van der Waals surface area contributed by atoms with Crippen molar-refractivity contribution < 1.29 is 19.1 Å². The van der Waals surface area contributed by atoms with Crippen molar-refractivity contribution in [3.8, 4) is 0 Å². The molecule has 0 aromatic heterocycles. The first-order valence-corrected chi connectivity index (χ1v) is 8.23. The first-order valence-electron chi connectivity index (χ1n) is 8.23. The van der Waals surface area contributed by atoms with Gasteiger partial charge in [-0.2, -0.15) is 0 Å². The van der Waals surface area contributed by atoms with Crippen molar-refractivity contribution in [3.63, 3.8) is 0 Å². The monoisotopic (exact) mass is 332 g/mol. The van der Waals surface area contributed by atoms with Crippen LogP contribution in [0.2, 0.25) is 0 Å². The molecule has 2 atom stereocenters. The lowest BCUT2D eigenvalue weighted by atomic mass is 9.88. The number of ether oxygens (including phenoxy) is 1. The third kappa shape index (κ3) is 4.34. The standard InChI is InChI=1S/C18H24N2O4/c1-3-18(12-10-15(22)20-18)11-9-14(21)19-16(17(23)24-2)13-7-5-4-6-8-13/h4-8,16H,3,9-12H2,1-2H3,(H,19,21)(H,20,22)/t16-,18+/m0/s1. The van der Waals surface area contributed by atoms with Gasteiger partial charge in [0.15, 0.2) is 6.04 Å². The molecule has 2 N–H and O–H groups in total. The Morgan fingerprint density at radius 2 is 2.04 bits per heavy atom. The third-order valence-corrected chi connectivity index (χ3v) is 4.62. The highest BCUT2D eigenvalue weighted by molar-refractivity contribution is 5.85. The van der Waals surface area contributed by atoms with Crippen LogP contribution in [0.3, 0.4) is 0 Å². The molecule has 2 amide bonds. The van der Waals surface area contributed by atoms with Crippen LogP contribution in [-0.2, 0) is 19.1 Å². The third-order valence-electron chi connectivity index (χ3n) is 4.62. The molecule has 0 spiro atoms. The van der Waals surface area contributed by atoms with E-state index in [4.69, 9.17) is 4.74 Å². The second-order valence-electron chi connectivity index (χ2n) is 6.12. The van der Waals surface area contributed by atoms with Crippen molar-refractivity contribution in [1.29, 1.82) is 0 Å². The van der Waals surface area contributed by atoms with Crippen LogP contribution in [-0.4, -0.2) is 30.4 Å². The Labute approximate surface area is 142 Å². The van der Waals surface area contributed by atoms with Gasteiger partial charge in [0.25, 0.3) is 0 Å². The summed E-state index contributed by atoms with van der Waals surface area (Å²) in [5, 5.41) is 5.72. The molecule has 0 saturated carbocycles. The van der Waals surface area contributed by atoms with Crippen molar-refractivity contribution in [3.05, 3.63) is 35.9 Å². The van der Waals surface area contributed by atoms with Gasteiger partial charge in [0.05, 0.1) is 7.11 Å². The smallest absolute Gasteiger partial charge is 0.333 e. The molecule has 1 heterocycles. The van der Waals surface area contributed by atoms with E-state index in [9.17, 15) is 14.4 Å². The number of methoxy groups -OCH3 is 1. The van der Waals surface area contributed by atoms with Crippen molar-refractivity contribution >= 4 is 17.8 Å². The maximum Gasteiger partial charge on any atom is 0.333 e. The highest BCUT2D eigenvalue weighted by Crippen LogP contribution is 2.28. The summed E-state index contributed by atoms with van der Waals surface area (Å²) < 4.78 is 4.79. The second kappa shape index (κ2) is 7.95. The lowest BCUT2D eigenvalue weighted by Crippen LogP contribution is -2.42. The molecule has 6 nitrogen and oxygen atoms in total.